The minimum atomic E-state index is -0.210. The molecule has 3 nitrogen and oxygen atoms in total. The van der Waals surface area contributed by atoms with Gasteiger partial charge in [-0.3, -0.25) is 0 Å². The molecule has 0 unspecified atom stereocenters. The number of aromatic nitrogens is 2. The molecule has 1 aromatic heterocycles. The van der Waals surface area contributed by atoms with E-state index >= 15 is 0 Å². The number of nitrogens with one attached hydrogen (secondary N) is 1. The molecule has 0 amide bonds. The van der Waals surface area contributed by atoms with E-state index in [2.05, 4.69) is 28.7 Å². The van der Waals surface area contributed by atoms with Gasteiger partial charge in [0.1, 0.15) is 5.82 Å². The first-order valence-corrected chi connectivity index (χ1v) is 5.66. The molecule has 0 bridgehead atoms. The van der Waals surface area contributed by atoms with Gasteiger partial charge >= 0.3 is 0 Å². The molecule has 0 saturated carbocycles. The van der Waals surface area contributed by atoms with Gasteiger partial charge in [0.25, 0.3) is 0 Å². The SMILES string of the molecule is CC(C)N(Cc1cnc[nH]1)c1cccc(F)c1. The summed E-state index contributed by atoms with van der Waals surface area (Å²) in [5.41, 5.74) is 1.90. The fourth-order valence-corrected chi connectivity index (χ4v) is 1.78. The van der Waals surface area contributed by atoms with Gasteiger partial charge in [-0.05, 0) is 32.0 Å². The summed E-state index contributed by atoms with van der Waals surface area (Å²) in [5.74, 6) is -0.210. The topological polar surface area (TPSA) is 31.9 Å². The lowest BCUT2D eigenvalue weighted by molar-refractivity contribution is 0.621. The van der Waals surface area contributed by atoms with Crippen molar-refractivity contribution in [2.45, 2.75) is 26.4 Å². The van der Waals surface area contributed by atoms with Crippen LogP contribution in [0.4, 0.5) is 10.1 Å². The number of aromatic amines is 1. The lowest BCUT2D eigenvalue weighted by Crippen LogP contribution is -2.30. The zero-order valence-electron chi connectivity index (χ0n) is 10.0. The Morgan fingerprint density at radius 1 is 1.41 bits per heavy atom. The van der Waals surface area contributed by atoms with E-state index < -0.39 is 0 Å². The quantitative estimate of drug-likeness (QED) is 0.880. The molecule has 1 aromatic carbocycles. The molecule has 0 aliphatic rings. The number of hydrogen-bond donors (Lipinski definition) is 1. The Kier molecular flexibility index (Phi) is 3.42. The van der Waals surface area contributed by atoms with Crippen LogP contribution in [0.25, 0.3) is 0 Å². The number of benzene rings is 1. The summed E-state index contributed by atoms with van der Waals surface area (Å²) in [6.07, 6.45) is 3.44. The van der Waals surface area contributed by atoms with Crippen molar-refractivity contribution in [2.24, 2.45) is 0 Å². The fraction of sp³-hybridized carbons (Fsp3) is 0.308. The maximum Gasteiger partial charge on any atom is 0.125 e. The van der Waals surface area contributed by atoms with Crippen LogP contribution in [0, 0.1) is 5.82 Å². The van der Waals surface area contributed by atoms with Crippen LogP contribution in [-0.4, -0.2) is 16.0 Å². The summed E-state index contributed by atoms with van der Waals surface area (Å²) in [4.78, 5) is 9.17. The summed E-state index contributed by atoms with van der Waals surface area (Å²) in [5, 5.41) is 0. The van der Waals surface area contributed by atoms with E-state index in [1.54, 1.807) is 24.7 Å². The number of hydrogen-bond acceptors (Lipinski definition) is 2. The summed E-state index contributed by atoms with van der Waals surface area (Å²) < 4.78 is 13.2. The first kappa shape index (κ1) is 11.6. The predicted octanol–water partition coefficient (Wildman–Crippen LogP) is 2.96. The summed E-state index contributed by atoms with van der Waals surface area (Å²) in [7, 11) is 0. The van der Waals surface area contributed by atoms with Crippen molar-refractivity contribution in [1.29, 1.82) is 0 Å². The maximum atomic E-state index is 13.2. The Hall–Kier alpha value is -1.84. The van der Waals surface area contributed by atoms with Gasteiger partial charge in [0.05, 0.1) is 18.6 Å². The van der Waals surface area contributed by atoms with Crippen LogP contribution >= 0.6 is 0 Å². The first-order valence-electron chi connectivity index (χ1n) is 5.66. The number of imidazole rings is 1. The number of anilines is 1. The van der Waals surface area contributed by atoms with Crippen LogP contribution in [0.3, 0.4) is 0 Å². The average molecular weight is 233 g/mol. The monoisotopic (exact) mass is 233 g/mol. The number of nitrogens with zero attached hydrogens (tertiary/aromatic N) is 2. The molecule has 90 valence electrons. The minimum Gasteiger partial charge on any atom is -0.363 e. The molecule has 2 aromatic rings. The Bertz CT molecular complexity index is 465. The standard InChI is InChI=1S/C13H16FN3/c1-10(2)17(8-12-7-15-9-16-12)13-5-3-4-11(14)6-13/h3-7,9-10H,8H2,1-2H3,(H,15,16). The highest BCUT2D eigenvalue weighted by Gasteiger charge is 2.12. The van der Waals surface area contributed by atoms with Gasteiger partial charge in [-0.2, -0.15) is 0 Å². The van der Waals surface area contributed by atoms with Gasteiger partial charge in [0.2, 0.25) is 0 Å². The number of rotatable bonds is 4. The second kappa shape index (κ2) is 4.99. The zero-order valence-corrected chi connectivity index (χ0v) is 10.0. The molecule has 0 saturated heterocycles. The van der Waals surface area contributed by atoms with Crippen molar-refractivity contribution in [3.8, 4) is 0 Å². The van der Waals surface area contributed by atoms with E-state index in [9.17, 15) is 4.39 Å². The summed E-state index contributed by atoms with van der Waals surface area (Å²) in [6, 6.07) is 6.95. The zero-order chi connectivity index (χ0) is 12.3. The highest BCUT2D eigenvalue weighted by molar-refractivity contribution is 5.47. The molecule has 0 radical (unpaired) electrons. The van der Waals surface area contributed by atoms with Crippen molar-refractivity contribution >= 4 is 5.69 Å². The highest BCUT2D eigenvalue weighted by Crippen LogP contribution is 2.20. The van der Waals surface area contributed by atoms with Crippen molar-refractivity contribution < 1.29 is 4.39 Å². The van der Waals surface area contributed by atoms with E-state index in [1.807, 2.05) is 6.07 Å². The van der Waals surface area contributed by atoms with E-state index in [4.69, 9.17) is 0 Å². The average Bonchev–Trinajstić information content (AvgIpc) is 2.78. The Morgan fingerprint density at radius 2 is 2.24 bits per heavy atom. The molecule has 0 aliphatic carbocycles. The normalized spacial score (nSPS) is 10.8. The minimum absolute atomic E-state index is 0.210. The lowest BCUT2D eigenvalue weighted by atomic mass is 10.2. The Balaban J connectivity index is 2.23. The molecule has 0 fully saturated rings. The van der Waals surface area contributed by atoms with Crippen molar-refractivity contribution in [3.63, 3.8) is 0 Å². The van der Waals surface area contributed by atoms with E-state index in [1.165, 1.54) is 6.07 Å². The lowest BCUT2D eigenvalue weighted by Gasteiger charge is -2.28. The molecule has 1 N–H and O–H groups in total. The number of H-pyrrole nitrogens is 1. The number of halogens is 1. The van der Waals surface area contributed by atoms with Gasteiger partial charge in [0, 0.05) is 17.9 Å². The van der Waals surface area contributed by atoms with Crippen LogP contribution in [0.15, 0.2) is 36.8 Å². The van der Waals surface area contributed by atoms with E-state index in [-0.39, 0.29) is 5.82 Å². The van der Waals surface area contributed by atoms with Crippen LogP contribution < -0.4 is 4.90 Å². The molecule has 4 heteroatoms. The van der Waals surface area contributed by atoms with Crippen molar-refractivity contribution in [2.75, 3.05) is 4.90 Å². The smallest absolute Gasteiger partial charge is 0.125 e. The second-order valence-electron chi connectivity index (χ2n) is 4.28. The third-order valence-electron chi connectivity index (χ3n) is 2.66. The molecular weight excluding hydrogens is 217 g/mol. The van der Waals surface area contributed by atoms with Crippen LogP contribution in [-0.2, 0) is 6.54 Å². The molecular formula is C13H16FN3. The molecule has 0 atom stereocenters. The summed E-state index contributed by atoms with van der Waals surface area (Å²) >= 11 is 0. The third-order valence-corrected chi connectivity index (χ3v) is 2.66. The van der Waals surface area contributed by atoms with E-state index in [0.717, 1.165) is 11.4 Å². The van der Waals surface area contributed by atoms with Gasteiger partial charge in [0.15, 0.2) is 0 Å². The van der Waals surface area contributed by atoms with Gasteiger partial charge < -0.3 is 9.88 Å². The molecule has 1 heterocycles. The second-order valence-corrected chi connectivity index (χ2v) is 4.28. The van der Waals surface area contributed by atoms with Crippen LogP contribution in [0.1, 0.15) is 19.5 Å². The first-order chi connectivity index (χ1) is 8.16. The third kappa shape index (κ3) is 2.84. The molecule has 17 heavy (non-hydrogen) atoms. The van der Waals surface area contributed by atoms with E-state index in [0.29, 0.717) is 12.6 Å². The van der Waals surface area contributed by atoms with Gasteiger partial charge in [-0.1, -0.05) is 6.07 Å². The molecule has 0 spiro atoms. The van der Waals surface area contributed by atoms with Crippen LogP contribution in [0.2, 0.25) is 0 Å². The summed E-state index contributed by atoms with van der Waals surface area (Å²) in [6.45, 7) is 4.86. The molecule has 0 aliphatic heterocycles. The van der Waals surface area contributed by atoms with Crippen molar-refractivity contribution in [1.82, 2.24) is 9.97 Å². The van der Waals surface area contributed by atoms with Crippen LogP contribution in [0.5, 0.6) is 0 Å². The van der Waals surface area contributed by atoms with Gasteiger partial charge in [-0.25, -0.2) is 9.37 Å². The fourth-order valence-electron chi connectivity index (χ4n) is 1.78. The highest BCUT2D eigenvalue weighted by atomic mass is 19.1. The Labute approximate surface area is 100 Å². The van der Waals surface area contributed by atoms with Gasteiger partial charge in [-0.15, -0.1) is 0 Å². The Morgan fingerprint density at radius 3 is 2.82 bits per heavy atom. The predicted molar refractivity (Wildman–Crippen MR) is 66.3 cm³/mol. The maximum absolute atomic E-state index is 13.2. The molecule has 2 rings (SSSR count). The van der Waals surface area contributed by atoms with Crippen molar-refractivity contribution in [3.05, 3.63) is 48.3 Å². The largest absolute Gasteiger partial charge is 0.363 e.